The molecule has 1 N–H and O–H groups in total. The summed E-state index contributed by atoms with van der Waals surface area (Å²) in [5.41, 5.74) is -0.519. The molecule has 0 saturated carbocycles. The highest BCUT2D eigenvalue weighted by atomic mass is 19.4. The predicted molar refractivity (Wildman–Crippen MR) is 57.9 cm³/mol. The van der Waals surface area contributed by atoms with Crippen LogP contribution in [-0.2, 0) is 15.7 Å². The maximum atomic E-state index is 12.3. The summed E-state index contributed by atoms with van der Waals surface area (Å²) >= 11 is 0. The van der Waals surface area contributed by atoms with Crippen molar-refractivity contribution in [1.29, 1.82) is 0 Å². The zero-order valence-corrected chi connectivity index (χ0v) is 9.70. The zero-order valence-electron chi connectivity index (χ0n) is 9.70. The fourth-order valence-corrected chi connectivity index (χ4v) is 1.45. The number of carbonyl (C=O) groups is 1. The molecule has 0 aromatic heterocycles. The van der Waals surface area contributed by atoms with Crippen molar-refractivity contribution >= 4 is 5.78 Å². The molecule has 1 unspecified atom stereocenters. The second-order valence-corrected chi connectivity index (χ2v) is 3.81. The van der Waals surface area contributed by atoms with Gasteiger partial charge in [0.15, 0.2) is 5.78 Å². The summed E-state index contributed by atoms with van der Waals surface area (Å²) in [6.07, 6.45) is -5.70. The second kappa shape index (κ2) is 5.97. The Bertz CT molecular complexity index is 398. The summed E-state index contributed by atoms with van der Waals surface area (Å²) < 4.78 is 41.5. The Morgan fingerprint density at radius 1 is 1.33 bits per heavy atom. The van der Waals surface area contributed by atoms with Gasteiger partial charge in [-0.05, 0) is 17.7 Å². The second-order valence-electron chi connectivity index (χ2n) is 3.81. The Morgan fingerprint density at radius 3 is 2.33 bits per heavy atom. The largest absolute Gasteiger partial charge is 0.416 e. The van der Waals surface area contributed by atoms with Crippen LogP contribution in [0.5, 0.6) is 0 Å². The number of rotatable bonds is 5. The highest BCUT2D eigenvalue weighted by Gasteiger charge is 2.30. The van der Waals surface area contributed by atoms with E-state index in [9.17, 15) is 23.1 Å². The van der Waals surface area contributed by atoms with E-state index in [-0.39, 0.29) is 24.4 Å². The minimum Gasteiger partial charge on any atom is -0.388 e. The van der Waals surface area contributed by atoms with Gasteiger partial charge in [0.05, 0.1) is 11.7 Å². The topological polar surface area (TPSA) is 46.5 Å². The van der Waals surface area contributed by atoms with Crippen molar-refractivity contribution in [2.45, 2.75) is 18.7 Å². The van der Waals surface area contributed by atoms with E-state index in [0.29, 0.717) is 0 Å². The number of hydrogen-bond acceptors (Lipinski definition) is 3. The highest BCUT2D eigenvalue weighted by Crippen LogP contribution is 2.30. The lowest BCUT2D eigenvalue weighted by molar-refractivity contribution is -0.137. The number of carbonyl (C=O) groups excluding carboxylic acids is 1. The maximum Gasteiger partial charge on any atom is 0.416 e. The molecule has 0 saturated heterocycles. The number of benzene rings is 1. The fraction of sp³-hybridized carbons (Fsp3) is 0.417. The van der Waals surface area contributed by atoms with Gasteiger partial charge in [0, 0.05) is 13.5 Å². The number of alkyl halides is 3. The Kier molecular flexibility index (Phi) is 4.86. The van der Waals surface area contributed by atoms with Crippen LogP contribution in [0, 0.1) is 0 Å². The van der Waals surface area contributed by atoms with Crippen molar-refractivity contribution < 1.29 is 27.8 Å². The molecule has 1 aromatic rings. The molecule has 18 heavy (non-hydrogen) atoms. The first-order valence-corrected chi connectivity index (χ1v) is 5.20. The molecular weight excluding hydrogens is 249 g/mol. The normalized spacial score (nSPS) is 13.4. The third kappa shape index (κ3) is 4.12. The van der Waals surface area contributed by atoms with Gasteiger partial charge in [-0.1, -0.05) is 12.1 Å². The minimum absolute atomic E-state index is 0.127. The maximum absolute atomic E-state index is 12.3. The first-order valence-electron chi connectivity index (χ1n) is 5.20. The SMILES string of the molecule is COCC(=O)CC(O)c1ccc(C(F)(F)F)cc1. The van der Waals surface area contributed by atoms with Crippen molar-refractivity contribution in [3.05, 3.63) is 35.4 Å². The molecule has 3 nitrogen and oxygen atoms in total. The number of ketones is 1. The zero-order chi connectivity index (χ0) is 13.8. The molecule has 0 fully saturated rings. The number of ether oxygens (including phenoxy) is 1. The monoisotopic (exact) mass is 262 g/mol. The standard InChI is InChI=1S/C12H13F3O3/c1-18-7-10(16)6-11(17)8-2-4-9(5-3-8)12(13,14)15/h2-5,11,17H,6-7H2,1H3. The van der Waals surface area contributed by atoms with Gasteiger partial charge < -0.3 is 9.84 Å². The molecule has 0 amide bonds. The molecular formula is C12H13F3O3. The number of methoxy groups -OCH3 is 1. The molecule has 0 heterocycles. The summed E-state index contributed by atoms with van der Waals surface area (Å²) in [6.45, 7) is -0.127. The van der Waals surface area contributed by atoms with E-state index in [1.807, 2.05) is 0 Å². The van der Waals surface area contributed by atoms with Gasteiger partial charge in [-0.25, -0.2) is 0 Å². The number of halogens is 3. The summed E-state index contributed by atoms with van der Waals surface area (Å²) in [4.78, 5) is 11.2. The molecule has 0 aliphatic rings. The highest BCUT2D eigenvalue weighted by molar-refractivity contribution is 5.80. The molecule has 0 bridgehead atoms. The van der Waals surface area contributed by atoms with Crippen LogP contribution in [0.2, 0.25) is 0 Å². The third-order valence-corrected chi connectivity index (χ3v) is 2.35. The van der Waals surface area contributed by atoms with Crippen molar-refractivity contribution in [3.63, 3.8) is 0 Å². The van der Waals surface area contributed by atoms with E-state index in [0.717, 1.165) is 24.3 Å². The third-order valence-electron chi connectivity index (χ3n) is 2.35. The number of hydrogen-bond donors (Lipinski definition) is 1. The molecule has 1 atom stereocenters. The van der Waals surface area contributed by atoms with Crippen LogP contribution in [0.15, 0.2) is 24.3 Å². The Labute approximate surface area is 102 Å². The van der Waals surface area contributed by atoms with E-state index >= 15 is 0 Å². The van der Waals surface area contributed by atoms with Crippen molar-refractivity contribution in [3.8, 4) is 0 Å². The van der Waals surface area contributed by atoms with E-state index < -0.39 is 17.8 Å². The lowest BCUT2D eigenvalue weighted by Crippen LogP contribution is -2.12. The van der Waals surface area contributed by atoms with E-state index in [1.54, 1.807) is 0 Å². The summed E-state index contributed by atoms with van der Waals surface area (Å²) in [7, 11) is 1.35. The molecule has 0 aliphatic heterocycles. The van der Waals surface area contributed by atoms with Crippen molar-refractivity contribution in [2.24, 2.45) is 0 Å². The van der Waals surface area contributed by atoms with Crippen molar-refractivity contribution in [1.82, 2.24) is 0 Å². The van der Waals surface area contributed by atoms with Crippen LogP contribution in [0.25, 0.3) is 0 Å². The first kappa shape index (κ1) is 14.7. The van der Waals surface area contributed by atoms with Crippen LogP contribution in [0.4, 0.5) is 13.2 Å². The number of aliphatic hydroxyl groups excluding tert-OH is 1. The van der Waals surface area contributed by atoms with Gasteiger partial charge in [-0.2, -0.15) is 13.2 Å². The molecule has 0 radical (unpaired) electrons. The van der Waals surface area contributed by atoms with Crippen LogP contribution < -0.4 is 0 Å². The minimum atomic E-state index is -4.41. The molecule has 0 spiro atoms. The van der Waals surface area contributed by atoms with Gasteiger partial charge in [0.2, 0.25) is 0 Å². The predicted octanol–water partition coefficient (Wildman–Crippen LogP) is 2.34. The molecule has 6 heteroatoms. The van der Waals surface area contributed by atoms with E-state index in [2.05, 4.69) is 4.74 Å². The van der Waals surface area contributed by atoms with E-state index in [1.165, 1.54) is 7.11 Å². The molecule has 1 aromatic carbocycles. The fourth-order valence-electron chi connectivity index (χ4n) is 1.45. The van der Waals surface area contributed by atoms with Crippen LogP contribution >= 0.6 is 0 Å². The van der Waals surface area contributed by atoms with E-state index in [4.69, 9.17) is 0 Å². The summed E-state index contributed by atoms with van der Waals surface area (Å²) in [6, 6.07) is 4.07. The quantitative estimate of drug-likeness (QED) is 0.886. The summed E-state index contributed by atoms with van der Waals surface area (Å²) in [5, 5.41) is 9.65. The molecule has 1 rings (SSSR count). The Hall–Kier alpha value is -1.40. The lowest BCUT2D eigenvalue weighted by atomic mass is 10.0. The van der Waals surface area contributed by atoms with Gasteiger partial charge >= 0.3 is 6.18 Å². The van der Waals surface area contributed by atoms with Crippen LogP contribution in [0.3, 0.4) is 0 Å². The number of Topliss-reactive ketones (excluding diaryl/α,β-unsaturated/α-hetero) is 1. The smallest absolute Gasteiger partial charge is 0.388 e. The lowest BCUT2D eigenvalue weighted by Gasteiger charge is -2.12. The number of aliphatic hydroxyl groups is 1. The van der Waals surface area contributed by atoms with Gasteiger partial charge in [0.25, 0.3) is 0 Å². The molecule has 0 aliphatic carbocycles. The van der Waals surface area contributed by atoms with Gasteiger partial charge in [0.1, 0.15) is 6.61 Å². The molecule has 100 valence electrons. The van der Waals surface area contributed by atoms with Crippen LogP contribution in [0.1, 0.15) is 23.7 Å². The van der Waals surface area contributed by atoms with Gasteiger partial charge in [-0.15, -0.1) is 0 Å². The van der Waals surface area contributed by atoms with Crippen molar-refractivity contribution in [2.75, 3.05) is 13.7 Å². The first-order chi connectivity index (χ1) is 8.34. The Morgan fingerprint density at radius 2 is 1.89 bits per heavy atom. The van der Waals surface area contributed by atoms with Gasteiger partial charge in [-0.3, -0.25) is 4.79 Å². The average Bonchev–Trinajstić information content (AvgIpc) is 2.28. The summed E-state index contributed by atoms with van der Waals surface area (Å²) in [5.74, 6) is -0.315. The average molecular weight is 262 g/mol. The Balaban J connectivity index is 2.70. The van der Waals surface area contributed by atoms with Crippen LogP contribution in [-0.4, -0.2) is 24.6 Å².